The smallest absolute Gasteiger partial charge is 0.235 e. The second kappa shape index (κ2) is 36.6. The summed E-state index contributed by atoms with van der Waals surface area (Å²) < 4.78 is 39.5. The van der Waals surface area contributed by atoms with E-state index in [2.05, 4.69) is 33.8 Å². The molecule has 17 nitrogen and oxygen atoms in total. The molecule has 6 heterocycles. The molecule has 9 aromatic carbocycles. The van der Waals surface area contributed by atoms with Gasteiger partial charge in [-0.3, -0.25) is 18.7 Å². The number of ketones is 1. The zero-order chi connectivity index (χ0) is 71.2. The van der Waals surface area contributed by atoms with E-state index in [0.29, 0.717) is 37.6 Å². The van der Waals surface area contributed by atoms with E-state index in [1.807, 2.05) is 287 Å². The van der Waals surface area contributed by atoms with E-state index < -0.39 is 15.6 Å². The Balaban J connectivity index is 0.000000146. The van der Waals surface area contributed by atoms with Gasteiger partial charge < -0.3 is 29.7 Å². The molecular weight excluding hydrogens is 1270 g/mol. The van der Waals surface area contributed by atoms with Gasteiger partial charge in [0.25, 0.3) is 0 Å². The van der Waals surface area contributed by atoms with Gasteiger partial charge >= 0.3 is 0 Å². The summed E-state index contributed by atoms with van der Waals surface area (Å²) in [5.41, 5.74) is 13.2. The molecule has 1 unspecified atom stereocenters. The number of aryl methyl sites for hydroxylation is 1. The molecule has 0 spiro atoms. The van der Waals surface area contributed by atoms with Crippen LogP contribution < -0.4 is 20.3 Å². The van der Waals surface area contributed by atoms with Crippen molar-refractivity contribution in [3.8, 4) is 40.7 Å². The number of benzene rings is 9. The lowest BCUT2D eigenvalue weighted by Crippen LogP contribution is -2.40. The third kappa shape index (κ3) is 21.1. The first-order valence-corrected chi connectivity index (χ1v) is 34.4. The van der Waals surface area contributed by atoms with E-state index in [9.17, 15) is 28.1 Å². The summed E-state index contributed by atoms with van der Waals surface area (Å²) in [5.74, 6) is 1.46. The number of nitrogens with two attached hydrogens (primary N) is 1. The SMILES string of the molecule is CC(C)(C#N)c1ccccc1.CC1(c2ccccc2)NC(=O)CC1=O.Cc1cc(-c2ccccc2)no1.N#CC1(c2ccccc2)CCOCC1.N#Cc1ccc2ccccc2c1.Nc1cc(-c2ccccc2)no1.O=C1CCCN1c1ccccc1.O=S1(=O)CCCN1c1ccccc1. The number of Topliss-reactive ketones (excluding diaryl/α,β-unsaturated/α-hetero) is 1. The summed E-state index contributed by atoms with van der Waals surface area (Å²) in [5, 5.41) is 39.4. The highest BCUT2D eigenvalue weighted by atomic mass is 32.2. The highest BCUT2D eigenvalue weighted by Gasteiger charge is 2.43. The van der Waals surface area contributed by atoms with E-state index in [-0.39, 0.29) is 40.6 Å². The summed E-state index contributed by atoms with van der Waals surface area (Å²) in [6.45, 7) is 10.4. The molecule has 2 amide bonds. The minimum atomic E-state index is -3.01. The normalized spacial score (nSPS) is 15.9. The van der Waals surface area contributed by atoms with Crippen LogP contribution >= 0.6 is 0 Å². The summed E-state index contributed by atoms with van der Waals surface area (Å²) in [4.78, 5) is 35.9. The van der Waals surface area contributed by atoms with Crippen LogP contribution in [0.3, 0.4) is 0 Å². The molecule has 4 aliphatic rings. The lowest BCUT2D eigenvalue weighted by atomic mass is 9.76. The quantitative estimate of drug-likeness (QED) is 0.141. The maximum Gasteiger partial charge on any atom is 0.235 e. The second-order valence-corrected chi connectivity index (χ2v) is 26.3. The Labute approximate surface area is 585 Å². The van der Waals surface area contributed by atoms with E-state index >= 15 is 0 Å². The van der Waals surface area contributed by atoms with Crippen molar-refractivity contribution in [3.63, 3.8) is 0 Å². The molecule has 4 saturated heterocycles. The maximum atomic E-state index is 11.6. The number of sulfonamides is 1. The number of nitrogens with zero attached hydrogens (tertiary/aromatic N) is 7. The molecule has 100 heavy (non-hydrogen) atoms. The number of nitrogen functional groups attached to an aromatic ring is 1. The van der Waals surface area contributed by atoms with Crippen molar-refractivity contribution in [2.45, 2.75) is 82.6 Å². The average molecular weight is 1350 g/mol. The molecule has 1 atom stereocenters. The number of amides is 2. The van der Waals surface area contributed by atoms with E-state index in [1.54, 1.807) is 13.0 Å². The molecule has 18 heteroatoms. The first-order valence-electron chi connectivity index (χ1n) is 32.8. The molecule has 15 rings (SSSR count). The molecule has 4 fully saturated rings. The van der Waals surface area contributed by atoms with Gasteiger partial charge in [0.05, 0.1) is 52.5 Å². The summed E-state index contributed by atoms with van der Waals surface area (Å²) in [6.07, 6.45) is 4.05. The molecule has 0 aliphatic carbocycles. The van der Waals surface area contributed by atoms with Crippen molar-refractivity contribution in [2.24, 2.45) is 0 Å². The number of hydrogen-bond acceptors (Lipinski definition) is 14. The van der Waals surface area contributed by atoms with Crippen molar-refractivity contribution in [1.82, 2.24) is 15.6 Å². The molecule has 508 valence electrons. The van der Waals surface area contributed by atoms with Crippen molar-refractivity contribution in [2.75, 3.05) is 47.0 Å². The van der Waals surface area contributed by atoms with Gasteiger partial charge in [0.15, 0.2) is 5.78 Å². The minimum Gasteiger partial charge on any atom is -0.381 e. The van der Waals surface area contributed by atoms with Crippen LogP contribution in [0.4, 0.5) is 17.3 Å². The van der Waals surface area contributed by atoms with Crippen molar-refractivity contribution in [1.29, 1.82) is 15.8 Å². The number of rotatable bonds is 7. The molecule has 11 aromatic rings. The van der Waals surface area contributed by atoms with Crippen LogP contribution in [0.2, 0.25) is 0 Å². The zero-order valence-corrected chi connectivity index (χ0v) is 57.4. The fourth-order valence-corrected chi connectivity index (χ4v) is 12.6. The number of carbonyl (C=O) groups excluding carboxylic acids is 3. The lowest BCUT2D eigenvalue weighted by molar-refractivity contribution is -0.123. The number of anilines is 3. The molecule has 0 radical (unpaired) electrons. The molecular formula is C82H81N9O8S. The number of fused-ring (bicyclic) bond motifs is 1. The van der Waals surface area contributed by atoms with Crippen LogP contribution in [0.15, 0.2) is 276 Å². The van der Waals surface area contributed by atoms with Crippen molar-refractivity contribution in [3.05, 3.63) is 295 Å². The number of hydrogen-bond donors (Lipinski definition) is 2. The Hall–Kier alpha value is -11.8. The fourth-order valence-electron chi connectivity index (χ4n) is 11.0. The Morgan fingerprint density at radius 3 is 1.53 bits per heavy atom. The average Bonchev–Trinajstić information content (AvgIpc) is 1.36. The van der Waals surface area contributed by atoms with Crippen LogP contribution in [-0.2, 0) is 45.5 Å². The van der Waals surface area contributed by atoms with E-state index in [1.165, 1.54) is 9.69 Å². The molecule has 0 saturated carbocycles. The Kier molecular flexibility index (Phi) is 27.1. The van der Waals surface area contributed by atoms with Gasteiger partial charge in [-0.2, -0.15) is 15.8 Å². The standard InChI is InChI=1S/C12H13NO.C11H11NO2.C11H7N.C10H9NO.C10H11NO.C10H11N.C9H8N2O.C9H11NO2S/c13-10-12(6-8-14-9-7-12)11-4-2-1-3-5-11;1-11(8-5-3-2-4-6-8)9(13)7-10(14)12-11;12-8-9-5-6-10-3-1-2-4-11(10)7-9;1-8-7-10(11-12-8)9-5-3-2-4-6-9;12-10-7-4-8-11(10)9-5-2-1-3-6-9;1-10(2,8-11)9-6-4-3-5-7-9;10-9-6-8(11-12-9)7-4-2-1-3-5-7;11-13(12)8-4-7-10(13)9-5-2-1-3-6-9/h1-5H,6-9H2;2-6H,7H2,1H3,(H,12,14);1-7H;2-7H,1H3;1-3,5-6H,4,7-8H2;3-7H,1-2H3;1-6H,10H2;1-3,5-6H,4,7-8H2. The van der Waals surface area contributed by atoms with Gasteiger partial charge in [0, 0.05) is 61.7 Å². The number of aromatic nitrogens is 2. The third-order valence-electron chi connectivity index (χ3n) is 16.7. The van der Waals surface area contributed by atoms with Gasteiger partial charge in [0.2, 0.25) is 27.7 Å². The van der Waals surface area contributed by atoms with Crippen molar-refractivity contribution >= 4 is 55.7 Å². The van der Waals surface area contributed by atoms with E-state index in [4.69, 9.17) is 30.0 Å². The summed E-state index contributed by atoms with van der Waals surface area (Å²) >= 11 is 0. The predicted molar refractivity (Wildman–Crippen MR) is 392 cm³/mol. The molecule has 2 aromatic heterocycles. The lowest BCUT2D eigenvalue weighted by Gasteiger charge is -2.30. The van der Waals surface area contributed by atoms with Gasteiger partial charge in [0.1, 0.15) is 22.7 Å². The summed E-state index contributed by atoms with van der Waals surface area (Å²) in [6, 6.07) is 92.1. The highest BCUT2D eigenvalue weighted by Crippen LogP contribution is 2.34. The monoisotopic (exact) mass is 1350 g/mol. The van der Waals surface area contributed by atoms with Crippen LogP contribution in [0.25, 0.3) is 33.3 Å². The van der Waals surface area contributed by atoms with Crippen LogP contribution in [0, 0.1) is 40.9 Å². The molecule has 0 bridgehead atoms. The largest absolute Gasteiger partial charge is 0.381 e. The minimum absolute atomic E-state index is 0.00854. The number of para-hydroxylation sites is 2. The fraction of sp³-hybridized carbons (Fsp3) is 0.220. The first-order chi connectivity index (χ1) is 48.4. The van der Waals surface area contributed by atoms with Gasteiger partial charge in [-0.25, -0.2) is 8.42 Å². The van der Waals surface area contributed by atoms with Gasteiger partial charge in [-0.1, -0.05) is 229 Å². The number of nitrogens with one attached hydrogen (secondary N) is 1. The highest BCUT2D eigenvalue weighted by molar-refractivity contribution is 7.93. The molecule has 3 N–H and O–H groups in total. The summed E-state index contributed by atoms with van der Waals surface area (Å²) in [7, 11) is -3.01. The number of carbonyl (C=O) groups is 3. The zero-order valence-electron chi connectivity index (χ0n) is 56.6. The first kappa shape index (κ1) is 74.0. The van der Waals surface area contributed by atoms with Crippen LogP contribution in [0.1, 0.15) is 87.3 Å². The predicted octanol–water partition coefficient (Wildman–Crippen LogP) is 16.1. The number of nitriles is 3. The van der Waals surface area contributed by atoms with E-state index in [0.717, 1.165) is 94.0 Å². The third-order valence-corrected chi connectivity index (χ3v) is 18.6. The maximum absolute atomic E-state index is 11.6. The van der Waals surface area contributed by atoms with Gasteiger partial charge in [-0.15, -0.1) is 0 Å². The Morgan fingerprint density at radius 2 is 1.07 bits per heavy atom. The van der Waals surface area contributed by atoms with Crippen LogP contribution in [0.5, 0.6) is 0 Å². The number of ether oxygens (including phenoxy) is 1. The topological polar surface area (TPSA) is 263 Å². The second-order valence-electron chi connectivity index (χ2n) is 24.3. The molecule has 4 aliphatic heterocycles. The Morgan fingerprint density at radius 1 is 0.570 bits per heavy atom. The van der Waals surface area contributed by atoms with Crippen molar-refractivity contribution < 1.29 is 36.6 Å². The Bertz CT molecular complexity index is 4540. The van der Waals surface area contributed by atoms with Crippen LogP contribution in [-0.4, -0.2) is 68.4 Å². The van der Waals surface area contributed by atoms with Gasteiger partial charge in [-0.05, 0) is 117 Å².